The number of ether oxygens (including phenoxy) is 8. The highest BCUT2D eigenvalue weighted by molar-refractivity contribution is 5.88. The first-order chi connectivity index (χ1) is 29.3. The number of phenolic OH excluding ortho intramolecular Hbond substituents is 2. The van der Waals surface area contributed by atoms with Crippen molar-refractivity contribution < 1.29 is 109 Å². The number of hydrogen-bond acceptors (Lipinski definition) is 23. The van der Waals surface area contributed by atoms with Crippen LogP contribution >= 0.6 is 0 Å². The van der Waals surface area contributed by atoms with Crippen molar-refractivity contribution >= 4 is 11.0 Å². The van der Waals surface area contributed by atoms with Crippen LogP contribution in [0, 0.1) is 0 Å². The van der Waals surface area contributed by atoms with Crippen molar-refractivity contribution in [2.75, 3.05) is 6.61 Å². The summed E-state index contributed by atoms with van der Waals surface area (Å²) in [6.07, 6.45) is -32.9. The molecule has 3 aromatic rings. The standard InChI is InChI=1S/C39H50O23/c1-11-21(42)26(47)30(51)36(55-11)54-10-19-24(45)29(50)35(62-38-32(53)28(49)23(44)13(3)57-38)39(60-19)61-34-25(46)20-17(41)8-16(58-37-31(52)27(48)22(43)12(2)56-37)9-18(20)59-33(34)14-5-4-6-15(40)7-14/h4-9,11-13,19,21-24,26-32,35-45,47-53H,10H2,1-3H3/t11-,12-,13-,19+,21-,22-,23-,24-,26+,27+,28+,29-,30+,31+,32+,35+,36+,37-,38-,39-/m0/s1. The summed E-state index contributed by atoms with van der Waals surface area (Å²) in [6, 6.07) is 7.33. The van der Waals surface area contributed by atoms with Gasteiger partial charge in [0.15, 0.2) is 24.4 Å². The van der Waals surface area contributed by atoms with Gasteiger partial charge in [0, 0.05) is 17.7 Å². The van der Waals surface area contributed by atoms with E-state index in [2.05, 4.69) is 0 Å². The van der Waals surface area contributed by atoms with Crippen molar-refractivity contribution in [2.24, 2.45) is 0 Å². The van der Waals surface area contributed by atoms with Crippen molar-refractivity contribution in [3.63, 3.8) is 0 Å². The molecule has 0 unspecified atom stereocenters. The van der Waals surface area contributed by atoms with Crippen LogP contribution in [0.3, 0.4) is 0 Å². The quantitative estimate of drug-likeness (QED) is 0.0921. The highest BCUT2D eigenvalue weighted by Gasteiger charge is 2.52. The van der Waals surface area contributed by atoms with E-state index in [0.717, 1.165) is 12.1 Å². The van der Waals surface area contributed by atoms with Crippen molar-refractivity contribution in [1.29, 1.82) is 0 Å². The molecule has 4 saturated heterocycles. The molecule has 5 heterocycles. The van der Waals surface area contributed by atoms with Crippen LogP contribution in [0.4, 0.5) is 0 Å². The number of aliphatic hydroxyl groups is 11. The first-order valence-corrected chi connectivity index (χ1v) is 19.6. The fraction of sp³-hybridized carbons (Fsp3) is 0.615. The van der Waals surface area contributed by atoms with Gasteiger partial charge < -0.3 is 109 Å². The number of hydrogen-bond donors (Lipinski definition) is 13. The molecule has 0 bridgehead atoms. The van der Waals surface area contributed by atoms with E-state index < -0.39 is 158 Å². The van der Waals surface area contributed by atoms with E-state index in [9.17, 15) is 71.2 Å². The topological polar surface area (TPSA) is 367 Å². The fourth-order valence-electron chi connectivity index (χ4n) is 7.54. The molecule has 1 aromatic heterocycles. The Labute approximate surface area is 350 Å². The van der Waals surface area contributed by atoms with Crippen LogP contribution in [-0.4, -0.2) is 196 Å². The number of aromatic hydroxyl groups is 2. The van der Waals surface area contributed by atoms with Gasteiger partial charge in [0.25, 0.3) is 0 Å². The first-order valence-electron chi connectivity index (χ1n) is 19.6. The van der Waals surface area contributed by atoms with Gasteiger partial charge in [0.1, 0.15) is 101 Å². The van der Waals surface area contributed by atoms with E-state index in [1.165, 1.54) is 45.0 Å². The SMILES string of the molecule is C[C@@H]1O[C@@H](OC[C@H]2O[C@@H](Oc3c(-c4cccc(O)c4)oc4cc(O[C@@H]5O[C@@H](C)[C@H](O)[C@@H](O)[C@H]5O)cc(O)c4c3=O)[C@H](O[C@@H]3O[C@@H](C)[C@H](O)[C@@H](O)[C@H]3O)[C@@H](O)[C@H]2O)[C@H](O)[C@H](O)[C@H]1O. The summed E-state index contributed by atoms with van der Waals surface area (Å²) >= 11 is 0. The van der Waals surface area contributed by atoms with E-state index in [-0.39, 0.29) is 22.6 Å². The van der Waals surface area contributed by atoms with E-state index in [0.29, 0.717) is 0 Å². The summed E-state index contributed by atoms with van der Waals surface area (Å²) in [4.78, 5) is 14.5. The Bertz CT molecular complexity index is 2080. The van der Waals surface area contributed by atoms with Crippen LogP contribution in [0.1, 0.15) is 20.8 Å². The molecule has 20 atom stereocenters. The summed E-state index contributed by atoms with van der Waals surface area (Å²) in [5, 5.41) is 137. The maximum atomic E-state index is 14.5. The molecule has 23 nitrogen and oxygen atoms in total. The Kier molecular flexibility index (Phi) is 13.7. The van der Waals surface area contributed by atoms with Gasteiger partial charge >= 0.3 is 0 Å². The number of benzene rings is 2. The van der Waals surface area contributed by atoms with Crippen LogP contribution in [0.15, 0.2) is 45.6 Å². The minimum atomic E-state index is -2.06. The number of aliphatic hydroxyl groups excluding tert-OH is 11. The van der Waals surface area contributed by atoms with Gasteiger partial charge in [-0.3, -0.25) is 4.79 Å². The second-order valence-electron chi connectivity index (χ2n) is 15.7. The minimum Gasteiger partial charge on any atom is -0.508 e. The van der Waals surface area contributed by atoms with Crippen LogP contribution in [0.5, 0.6) is 23.0 Å². The van der Waals surface area contributed by atoms with Gasteiger partial charge in [-0.2, -0.15) is 0 Å². The average Bonchev–Trinajstić information content (AvgIpc) is 3.23. The lowest BCUT2D eigenvalue weighted by molar-refractivity contribution is -0.360. The number of rotatable bonds is 10. The van der Waals surface area contributed by atoms with E-state index in [1.807, 2.05) is 0 Å². The molecule has 0 amide bonds. The third-order valence-electron chi connectivity index (χ3n) is 11.3. The average molecular weight is 887 g/mol. The van der Waals surface area contributed by atoms with E-state index >= 15 is 0 Å². The minimum absolute atomic E-state index is 0.00852. The molecule has 344 valence electrons. The monoisotopic (exact) mass is 886 g/mol. The Morgan fingerprint density at radius 3 is 1.76 bits per heavy atom. The van der Waals surface area contributed by atoms with Crippen molar-refractivity contribution in [3.05, 3.63) is 46.6 Å². The van der Waals surface area contributed by atoms with Crippen LogP contribution < -0.4 is 14.9 Å². The Balaban J connectivity index is 1.27. The molecule has 0 radical (unpaired) electrons. The van der Waals surface area contributed by atoms with Crippen molar-refractivity contribution in [2.45, 2.75) is 144 Å². The summed E-state index contributed by atoms with van der Waals surface area (Å²) in [7, 11) is 0. The zero-order valence-corrected chi connectivity index (χ0v) is 33.1. The van der Waals surface area contributed by atoms with Gasteiger partial charge in [-0.05, 0) is 32.9 Å². The van der Waals surface area contributed by atoms with Gasteiger partial charge in [0.2, 0.25) is 23.8 Å². The zero-order valence-electron chi connectivity index (χ0n) is 33.1. The maximum Gasteiger partial charge on any atom is 0.239 e. The van der Waals surface area contributed by atoms with Gasteiger partial charge in [-0.25, -0.2) is 0 Å². The Morgan fingerprint density at radius 1 is 0.581 bits per heavy atom. The molecule has 2 aromatic carbocycles. The van der Waals surface area contributed by atoms with Crippen LogP contribution in [0.2, 0.25) is 0 Å². The summed E-state index contributed by atoms with van der Waals surface area (Å²) in [6.45, 7) is 3.45. The van der Waals surface area contributed by atoms with Gasteiger partial charge in [0.05, 0.1) is 24.9 Å². The normalized spacial score (nSPS) is 41.5. The lowest BCUT2D eigenvalue weighted by Crippen LogP contribution is -2.65. The molecule has 62 heavy (non-hydrogen) atoms. The zero-order chi connectivity index (χ0) is 45.1. The maximum absolute atomic E-state index is 14.5. The Hall–Kier alpha value is -3.83. The number of phenols is 2. The third kappa shape index (κ3) is 8.83. The molecule has 13 N–H and O–H groups in total. The van der Waals surface area contributed by atoms with Crippen molar-refractivity contribution in [3.8, 4) is 34.3 Å². The molecule has 0 aliphatic carbocycles. The van der Waals surface area contributed by atoms with Crippen LogP contribution in [-0.2, 0) is 28.4 Å². The fourth-order valence-corrected chi connectivity index (χ4v) is 7.54. The molecular weight excluding hydrogens is 836 g/mol. The smallest absolute Gasteiger partial charge is 0.239 e. The predicted molar refractivity (Wildman–Crippen MR) is 201 cm³/mol. The Morgan fingerprint density at radius 2 is 1.15 bits per heavy atom. The molecule has 4 aliphatic heterocycles. The third-order valence-corrected chi connectivity index (χ3v) is 11.3. The lowest BCUT2D eigenvalue weighted by Gasteiger charge is -2.46. The second kappa shape index (κ2) is 18.3. The lowest BCUT2D eigenvalue weighted by atomic mass is 9.97. The van der Waals surface area contributed by atoms with E-state index in [4.69, 9.17) is 42.3 Å². The summed E-state index contributed by atoms with van der Waals surface area (Å²) in [5.74, 6) is -2.51. The summed E-state index contributed by atoms with van der Waals surface area (Å²) < 4.78 is 51.9. The highest BCUT2D eigenvalue weighted by Crippen LogP contribution is 2.40. The highest BCUT2D eigenvalue weighted by atomic mass is 16.8. The molecule has 4 fully saturated rings. The van der Waals surface area contributed by atoms with Gasteiger partial charge in [-0.1, -0.05) is 12.1 Å². The second-order valence-corrected chi connectivity index (χ2v) is 15.7. The molecule has 0 spiro atoms. The van der Waals surface area contributed by atoms with Crippen molar-refractivity contribution in [1.82, 2.24) is 0 Å². The molecule has 0 saturated carbocycles. The van der Waals surface area contributed by atoms with E-state index in [1.54, 1.807) is 0 Å². The largest absolute Gasteiger partial charge is 0.508 e. The molecular formula is C39H50O23. The van der Waals surface area contributed by atoms with Gasteiger partial charge in [-0.15, -0.1) is 0 Å². The molecule has 4 aliphatic rings. The molecule has 23 heteroatoms. The molecule has 7 rings (SSSR count). The van der Waals surface area contributed by atoms with Crippen LogP contribution in [0.25, 0.3) is 22.3 Å². The number of fused-ring (bicyclic) bond motifs is 1. The summed E-state index contributed by atoms with van der Waals surface area (Å²) in [5.41, 5.74) is -1.47. The predicted octanol–water partition coefficient (Wildman–Crippen LogP) is -4.04. The first kappa shape index (κ1) is 46.2.